The van der Waals surface area contributed by atoms with Crippen molar-refractivity contribution in [2.75, 3.05) is 6.61 Å². The average Bonchev–Trinajstić information content (AvgIpc) is 2.18. The highest BCUT2D eigenvalue weighted by Crippen LogP contribution is 2.16. The van der Waals surface area contributed by atoms with Gasteiger partial charge in [-0.15, -0.1) is 0 Å². The molecule has 72 valence electrons. The molecule has 0 saturated carbocycles. The molecule has 1 aromatic carbocycles. The predicted molar refractivity (Wildman–Crippen MR) is 53.7 cm³/mol. The fraction of sp³-hybridized carbons (Fsp3) is 0.182. The molecule has 0 unspecified atom stereocenters. The third-order valence-corrected chi connectivity index (χ3v) is 1.90. The van der Waals surface area contributed by atoms with E-state index >= 15 is 0 Å². The summed E-state index contributed by atoms with van der Waals surface area (Å²) < 4.78 is 10.5. The highest BCUT2D eigenvalue weighted by Gasteiger charge is 2.03. The fourth-order valence-electron chi connectivity index (χ4n) is 1.30. The molecule has 3 heteroatoms. The van der Waals surface area contributed by atoms with Crippen molar-refractivity contribution >= 4 is 11.0 Å². The third-order valence-electron chi connectivity index (χ3n) is 1.90. The van der Waals surface area contributed by atoms with Crippen molar-refractivity contribution in [1.29, 1.82) is 0 Å². The van der Waals surface area contributed by atoms with Crippen LogP contribution >= 0.6 is 0 Å². The van der Waals surface area contributed by atoms with Crippen LogP contribution < -0.4 is 10.2 Å². The molecule has 0 fully saturated rings. The Morgan fingerprint density at radius 1 is 1.36 bits per heavy atom. The van der Waals surface area contributed by atoms with Crippen molar-refractivity contribution < 1.29 is 9.15 Å². The molecule has 0 radical (unpaired) electrons. The van der Waals surface area contributed by atoms with Crippen LogP contribution in [0.3, 0.4) is 0 Å². The number of ether oxygens (including phenoxy) is 1. The third kappa shape index (κ3) is 1.48. The van der Waals surface area contributed by atoms with Gasteiger partial charge in [-0.1, -0.05) is 12.1 Å². The van der Waals surface area contributed by atoms with E-state index in [4.69, 9.17) is 9.15 Å². The molecule has 3 nitrogen and oxygen atoms in total. The molecule has 0 aliphatic rings. The maximum atomic E-state index is 11.5. The van der Waals surface area contributed by atoms with Gasteiger partial charge in [0.1, 0.15) is 5.58 Å². The monoisotopic (exact) mass is 190 g/mol. The van der Waals surface area contributed by atoms with E-state index in [-0.39, 0.29) is 11.4 Å². The number of para-hydroxylation sites is 1. The van der Waals surface area contributed by atoms with Gasteiger partial charge in [0.25, 0.3) is 5.95 Å². The van der Waals surface area contributed by atoms with E-state index in [2.05, 4.69) is 0 Å². The van der Waals surface area contributed by atoms with E-state index in [0.29, 0.717) is 17.6 Å². The standard InChI is InChI=1S/C11H10O3/c1-2-13-11-7-9(12)8-5-3-4-6-10(8)14-11/h3-7H,2H2,1H3. The van der Waals surface area contributed by atoms with E-state index in [1.807, 2.05) is 13.0 Å². The van der Waals surface area contributed by atoms with Gasteiger partial charge in [0, 0.05) is 0 Å². The number of hydrogen-bond acceptors (Lipinski definition) is 3. The van der Waals surface area contributed by atoms with E-state index in [9.17, 15) is 4.79 Å². The maximum Gasteiger partial charge on any atom is 0.288 e. The smallest absolute Gasteiger partial charge is 0.288 e. The normalized spacial score (nSPS) is 10.4. The van der Waals surface area contributed by atoms with E-state index < -0.39 is 0 Å². The quantitative estimate of drug-likeness (QED) is 0.728. The molecule has 2 rings (SSSR count). The summed E-state index contributed by atoms with van der Waals surface area (Å²) in [7, 11) is 0. The molecule has 0 amide bonds. The number of rotatable bonds is 2. The lowest BCUT2D eigenvalue weighted by Crippen LogP contribution is -2.01. The Bertz CT molecular complexity index is 499. The van der Waals surface area contributed by atoms with E-state index in [1.54, 1.807) is 18.2 Å². The van der Waals surface area contributed by atoms with Gasteiger partial charge in [-0.05, 0) is 19.1 Å². The van der Waals surface area contributed by atoms with Crippen molar-refractivity contribution in [3.8, 4) is 5.95 Å². The summed E-state index contributed by atoms with van der Waals surface area (Å²) in [6.45, 7) is 2.33. The van der Waals surface area contributed by atoms with Gasteiger partial charge in [-0.3, -0.25) is 4.79 Å². The van der Waals surface area contributed by atoms with Gasteiger partial charge in [-0.25, -0.2) is 0 Å². The summed E-state index contributed by atoms with van der Waals surface area (Å²) >= 11 is 0. The molecule has 0 aliphatic carbocycles. The van der Waals surface area contributed by atoms with Crippen LogP contribution in [0.1, 0.15) is 6.92 Å². The fourth-order valence-corrected chi connectivity index (χ4v) is 1.30. The average molecular weight is 190 g/mol. The predicted octanol–water partition coefficient (Wildman–Crippen LogP) is 2.19. The summed E-state index contributed by atoms with van der Waals surface area (Å²) in [5.41, 5.74) is 0.485. The molecule has 1 heterocycles. The van der Waals surface area contributed by atoms with Gasteiger partial charge < -0.3 is 9.15 Å². The SMILES string of the molecule is CCOc1cc(=O)c2ccccc2o1. The zero-order valence-corrected chi connectivity index (χ0v) is 7.82. The highest BCUT2D eigenvalue weighted by molar-refractivity contribution is 5.76. The van der Waals surface area contributed by atoms with Crippen LogP contribution in [0.25, 0.3) is 11.0 Å². The molecule has 0 saturated heterocycles. The van der Waals surface area contributed by atoms with Gasteiger partial charge in [0.2, 0.25) is 0 Å². The van der Waals surface area contributed by atoms with Gasteiger partial charge in [0.15, 0.2) is 5.43 Å². The lowest BCUT2D eigenvalue weighted by atomic mass is 10.2. The van der Waals surface area contributed by atoms with Crippen molar-refractivity contribution in [3.63, 3.8) is 0 Å². The number of hydrogen-bond donors (Lipinski definition) is 0. The topological polar surface area (TPSA) is 39.4 Å². The van der Waals surface area contributed by atoms with Crippen LogP contribution in [0.2, 0.25) is 0 Å². The molecular weight excluding hydrogens is 180 g/mol. The summed E-state index contributed by atoms with van der Waals surface area (Å²) in [5, 5.41) is 0.580. The Balaban J connectivity index is 2.66. The zero-order valence-electron chi connectivity index (χ0n) is 7.82. The molecule has 1 aromatic heterocycles. The second kappa shape index (κ2) is 3.54. The Kier molecular flexibility index (Phi) is 2.23. The molecule has 0 atom stereocenters. The minimum atomic E-state index is -0.0738. The van der Waals surface area contributed by atoms with Gasteiger partial charge in [0.05, 0.1) is 18.1 Å². The van der Waals surface area contributed by atoms with E-state index in [1.165, 1.54) is 6.07 Å². The lowest BCUT2D eigenvalue weighted by Gasteiger charge is -2.02. The summed E-state index contributed by atoms with van der Waals surface area (Å²) in [6.07, 6.45) is 0. The molecule has 0 bridgehead atoms. The Hall–Kier alpha value is -1.77. The van der Waals surface area contributed by atoms with Crippen molar-refractivity contribution in [1.82, 2.24) is 0 Å². The van der Waals surface area contributed by atoms with Gasteiger partial charge in [-0.2, -0.15) is 0 Å². The second-order valence-electron chi connectivity index (χ2n) is 2.86. The summed E-state index contributed by atoms with van der Waals surface area (Å²) in [4.78, 5) is 11.5. The van der Waals surface area contributed by atoms with Crippen LogP contribution in [0.15, 0.2) is 39.5 Å². The summed E-state index contributed by atoms with van der Waals surface area (Å²) in [5.74, 6) is 0.274. The molecule has 14 heavy (non-hydrogen) atoms. The van der Waals surface area contributed by atoms with Crippen molar-refractivity contribution in [2.24, 2.45) is 0 Å². The first-order valence-electron chi connectivity index (χ1n) is 4.47. The first kappa shape index (κ1) is 8.81. The van der Waals surface area contributed by atoms with Crippen LogP contribution in [-0.4, -0.2) is 6.61 Å². The molecular formula is C11H10O3. The van der Waals surface area contributed by atoms with Crippen molar-refractivity contribution in [2.45, 2.75) is 6.92 Å². The largest absolute Gasteiger partial charge is 0.465 e. The lowest BCUT2D eigenvalue weighted by molar-refractivity contribution is 0.261. The Labute approximate surface area is 80.9 Å². The molecule has 0 spiro atoms. The van der Waals surface area contributed by atoms with Crippen LogP contribution in [0.5, 0.6) is 5.95 Å². The highest BCUT2D eigenvalue weighted by atomic mass is 16.6. The number of benzene rings is 1. The molecule has 0 N–H and O–H groups in total. The molecule has 2 aromatic rings. The minimum absolute atomic E-state index is 0.0738. The van der Waals surface area contributed by atoms with Crippen molar-refractivity contribution in [3.05, 3.63) is 40.6 Å². The van der Waals surface area contributed by atoms with Gasteiger partial charge >= 0.3 is 0 Å². The van der Waals surface area contributed by atoms with Crippen LogP contribution in [-0.2, 0) is 0 Å². The zero-order chi connectivity index (χ0) is 9.97. The minimum Gasteiger partial charge on any atom is -0.465 e. The first-order chi connectivity index (χ1) is 6.81. The second-order valence-corrected chi connectivity index (χ2v) is 2.86. The Morgan fingerprint density at radius 2 is 2.14 bits per heavy atom. The van der Waals surface area contributed by atoms with Crippen LogP contribution in [0.4, 0.5) is 0 Å². The number of fused-ring (bicyclic) bond motifs is 1. The molecule has 0 aliphatic heterocycles. The van der Waals surface area contributed by atoms with E-state index in [0.717, 1.165) is 0 Å². The van der Waals surface area contributed by atoms with Crippen LogP contribution in [0, 0.1) is 0 Å². The Morgan fingerprint density at radius 3 is 2.93 bits per heavy atom. The maximum absolute atomic E-state index is 11.5. The summed E-state index contributed by atoms with van der Waals surface area (Å²) in [6, 6.07) is 8.47. The first-order valence-corrected chi connectivity index (χ1v) is 4.47.